The molecule has 1 aliphatic heterocycles. The number of aliphatic hydroxyl groups is 2. The minimum Gasteiger partial charge on any atom is -0.481 e. The van der Waals surface area contributed by atoms with Crippen molar-refractivity contribution in [2.45, 2.75) is 23.2 Å². The third-order valence-electron chi connectivity index (χ3n) is 6.90. The average molecular weight is 464 g/mol. The van der Waals surface area contributed by atoms with Crippen molar-refractivity contribution in [3.05, 3.63) is 88.1 Å². The van der Waals surface area contributed by atoms with Gasteiger partial charge in [0.1, 0.15) is 10.9 Å². The van der Waals surface area contributed by atoms with Crippen molar-refractivity contribution in [1.29, 1.82) is 5.26 Å². The molecule has 0 unspecified atom stereocenters. The number of hydrogen-bond donors (Lipinski definition) is 3. The van der Waals surface area contributed by atoms with Crippen LogP contribution in [0.4, 0.5) is 0 Å². The molecular formula is C25H22ClN3O4. The molecule has 1 aromatic heterocycles. The van der Waals surface area contributed by atoms with Gasteiger partial charge in [0.25, 0.3) is 0 Å². The Morgan fingerprint density at radius 2 is 1.91 bits per heavy atom. The van der Waals surface area contributed by atoms with Gasteiger partial charge in [-0.2, -0.15) is 5.26 Å². The number of benzene rings is 2. The summed E-state index contributed by atoms with van der Waals surface area (Å²) in [5.74, 6) is -0.748. The number of ether oxygens (including phenoxy) is 2. The van der Waals surface area contributed by atoms with Gasteiger partial charge >= 0.3 is 0 Å². The fourth-order valence-corrected chi connectivity index (χ4v) is 5.78. The van der Waals surface area contributed by atoms with Crippen molar-refractivity contribution in [2.75, 3.05) is 13.7 Å². The van der Waals surface area contributed by atoms with E-state index >= 15 is 0 Å². The van der Waals surface area contributed by atoms with E-state index in [-0.39, 0.29) is 28.9 Å². The standard InChI is InChI=1S/C25H22ClN3O4/c1-32-23-21-18(11-19(26)29-23)33-25(16-9-7-14(12-27)8-10-16)20(15-5-3-2-4-6-15)17(13-28)22(30)24(21,25)31/h2-11,17,20,22,30-31H,13,28H2,1H3/t17-,20-,22-,24+,25+/m1/s1. The van der Waals surface area contributed by atoms with E-state index in [0.29, 0.717) is 11.1 Å². The van der Waals surface area contributed by atoms with Gasteiger partial charge in [-0.3, -0.25) is 0 Å². The molecule has 2 heterocycles. The maximum absolute atomic E-state index is 12.5. The molecule has 0 bridgehead atoms. The average Bonchev–Trinajstić information content (AvgIpc) is 3.21. The third kappa shape index (κ3) is 2.76. The second kappa shape index (κ2) is 7.72. The molecule has 1 fully saturated rings. The van der Waals surface area contributed by atoms with E-state index in [1.807, 2.05) is 30.3 Å². The van der Waals surface area contributed by atoms with Gasteiger partial charge in [0, 0.05) is 17.9 Å². The maximum Gasteiger partial charge on any atom is 0.224 e. The molecule has 33 heavy (non-hydrogen) atoms. The van der Waals surface area contributed by atoms with Crippen LogP contribution in [0.25, 0.3) is 0 Å². The van der Waals surface area contributed by atoms with E-state index < -0.39 is 29.1 Å². The highest BCUT2D eigenvalue weighted by molar-refractivity contribution is 6.29. The quantitative estimate of drug-likeness (QED) is 0.508. The second-order valence-electron chi connectivity index (χ2n) is 8.35. The van der Waals surface area contributed by atoms with Crippen molar-refractivity contribution in [3.8, 4) is 17.7 Å². The van der Waals surface area contributed by atoms with Gasteiger partial charge in [0.05, 0.1) is 30.4 Å². The van der Waals surface area contributed by atoms with Crippen LogP contribution in [0.3, 0.4) is 0 Å². The molecular weight excluding hydrogens is 442 g/mol. The predicted octanol–water partition coefficient (Wildman–Crippen LogP) is 2.82. The zero-order valence-electron chi connectivity index (χ0n) is 17.8. The van der Waals surface area contributed by atoms with Crippen LogP contribution in [0.15, 0.2) is 60.7 Å². The van der Waals surface area contributed by atoms with Crippen molar-refractivity contribution >= 4 is 11.6 Å². The van der Waals surface area contributed by atoms with Crippen LogP contribution in [0.1, 0.15) is 28.2 Å². The van der Waals surface area contributed by atoms with Gasteiger partial charge in [-0.05, 0) is 29.8 Å². The number of aromatic nitrogens is 1. The van der Waals surface area contributed by atoms with E-state index in [1.165, 1.54) is 13.2 Å². The zero-order valence-corrected chi connectivity index (χ0v) is 18.5. The summed E-state index contributed by atoms with van der Waals surface area (Å²) in [6.07, 6.45) is -1.30. The molecule has 8 heteroatoms. The van der Waals surface area contributed by atoms with Gasteiger partial charge < -0.3 is 25.4 Å². The minimum absolute atomic E-state index is 0.0686. The molecule has 5 atom stereocenters. The van der Waals surface area contributed by atoms with E-state index in [9.17, 15) is 15.5 Å². The lowest BCUT2D eigenvalue weighted by Gasteiger charge is -2.40. The Kier molecular flexibility index (Phi) is 5.07. The van der Waals surface area contributed by atoms with Crippen LogP contribution in [0.5, 0.6) is 11.6 Å². The maximum atomic E-state index is 12.5. The van der Waals surface area contributed by atoms with E-state index in [1.54, 1.807) is 24.3 Å². The second-order valence-corrected chi connectivity index (χ2v) is 8.74. The molecule has 0 radical (unpaired) electrons. The molecule has 1 aliphatic carbocycles. The van der Waals surface area contributed by atoms with E-state index in [0.717, 1.165) is 5.56 Å². The monoisotopic (exact) mass is 463 g/mol. The van der Waals surface area contributed by atoms with Crippen molar-refractivity contribution in [1.82, 2.24) is 4.98 Å². The fraction of sp³-hybridized carbons (Fsp3) is 0.280. The van der Waals surface area contributed by atoms with Gasteiger partial charge in [0.2, 0.25) is 5.88 Å². The Labute approximate surface area is 196 Å². The molecule has 168 valence electrons. The molecule has 5 rings (SSSR count). The molecule has 0 saturated heterocycles. The van der Waals surface area contributed by atoms with Crippen molar-refractivity contribution < 1.29 is 19.7 Å². The lowest BCUT2D eigenvalue weighted by Crippen LogP contribution is -2.52. The van der Waals surface area contributed by atoms with Gasteiger partial charge in [-0.25, -0.2) is 4.98 Å². The molecule has 4 N–H and O–H groups in total. The first kappa shape index (κ1) is 21.7. The molecule has 1 saturated carbocycles. The number of aliphatic hydroxyl groups excluding tert-OH is 1. The van der Waals surface area contributed by atoms with Crippen LogP contribution < -0.4 is 15.2 Å². The van der Waals surface area contributed by atoms with Crippen molar-refractivity contribution in [3.63, 3.8) is 0 Å². The molecule has 0 amide bonds. The summed E-state index contributed by atoms with van der Waals surface area (Å²) in [6, 6.07) is 19.9. The van der Waals surface area contributed by atoms with E-state index in [2.05, 4.69) is 11.1 Å². The Hall–Kier alpha value is -3.15. The molecule has 3 aromatic rings. The molecule has 2 aliphatic rings. The molecule has 7 nitrogen and oxygen atoms in total. The highest BCUT2D eigenvalue weighted by Gasteiger charge is 2.76. The number of hydrogen-bond acceptors (Lipinski definition) is 7. The summed E-state index contributed by atoms with van der Waals surface area (Å²) in [7, 11) is 1.42. The number of pyridine rings is 1. The van der Waals surface area contributed by atoms with Crippen LogP contribution in [-0.4, -0.2) is 35.0 Å². The SMILES string of the molecule is COc1nc(Cl)cc2c1[C@]1(O)[C@H](O)[C@H](CN)[C@@H](c3ccccc3)[C@]1(c1ccc(C#N)cc1)O2. The summed E-state index contributed by atoms with van der Waals surface area (Å²) in [5.41, 5.74) is 4.86. The summed E-state index contributed by atoms with van der Waals surface area (Å²) in [6.45, 7) is 0.100. The summed E-state index contributed by atoms with van der Waals surface area (Å²) >= 11 is 6.21. The Bertz CT molecular complexity index is 1250. The first-order chi connectivity index (χ1) is 15.9. The van der Waals surface area contributed by atoms with Crippen LogP contribution in [0.2, 0.25) is 5.15 Å². The van der Waals surface area contributed by atoms with Gasteiger partial charge in [-0.1, -0.05) is 54.1 Å². The van der Waals surface area contributed by atoms with E-state index in [4.69, 9.17) is 26.8 Å². The van der Waals surface area contributed by atoms with Crippen LogP contribution >= 0.6 is 11.6 Å². The Morgan fingerprint density at radius 1 is 1.21 bits per heavy atom. The van der Waals surface area contributed by atoms with Crippen LogP contribution in [-0.2, 0) is 11.2 Å². The predicted molar refractivity (Wildman–Crippen MR) is 121 cm³/mol. The summed E-state index contributed by atoms with van der Waals surface area (Å²) in [4.78, 5) is 4.22. The smallest absolute Gasteiger partial charge is 0.224 e. The first-order valence-corrected chi connectivity index (χ1v) is 10.9. The number of nitrogens with zero attached hydrogens (tertiary/aromatic N) is 2. The lowest BCUT2D eigenvalue weighted by atomic mass is 9.70. The summed E-state index contributed by atoms with van der Waals surface area (Å²) < 4.78 is 12.1. The number of halogens is 1. The number of nitriles is 1. The fourth-order valence-electron chi connectivity index (χ4n) is 5.61. The topological polar surface area (TPSA) is 122 Å². The highest BCUT2D eigenvalue weighted by atomic mass is 35.5. The highest BCUT2D eigenvalue weighted by Crippen LogP contribution is 2.69. The van der Waals surface area contributed by atoms with Gasteiger partial charge in [0.15, 0.2) is 11.2 Å². The largest absolute Gasteiger partial charge is 0.481 e. The van der Waals surface area contributed by atoms with Crippen LogP contribution in [0, 0.1) is 17.2 Å². The Morgan fingerprint density at radius 3 is 2.52 bits per heavy atom. The Balaban J connectivity index is 1.87. The summed E-state index contributed by atoms with van der Waals surface area (Å²) in [5, 5.41) is 33.5. The number of methoxy groups -OCH3 is 1. The normalized spacial score (nSPS) is 29.6. The molecule has 2 aromatic carbocycles. The molecule has 0 spiro atoms. The first-order valence-electron chi connectivity index (χ1n) is 10.5. The number of nitrogens with two attached hydrogens (primary N) is 1. The lowest BCUT2D eigenvalue weighted by molar-refractivity contribution is -0.152. The minimum atomic E-state index is -1.95. The third-order valence-corrected chi connectivity index (χ3v) is 7.10. The zero-order chi connectivity index (χ0) is 23.4. The number of rotatable bonds is 4. The van der Waals surface area contributed by atoms with Crippen molar-refractivity contribution in [2.24, 2.45) is 11.7 Å². The van der Waals surface area contributed by atoms with Gasteiger partial charge in [-0.15, -0.1) is 0 Å². The number of fused-ring (bicyclic) bond motifs is 3.